The van der Waals surface area contributed by atoms with Crippen LogP contribution in [0.15, 0.2) is 29.0 Å². The third kappa shape index (κ3) is 3.94. The fourth-order valence-corrected chi connectivity index (χ4v) is 3.90. The third-order valence-corrected chi connectivity index (χ3v) is 5.41. The Balaban J connectivity index is 1.45. The van der Waals surface area contributed by atoms with Crippen molar-refractivity contribution in [1.82, 2.24) is 25.3 Å². The van der Waals surface area contributed by atoms with Crippen molar-refractivity contribution in [2.24, 2.45) is 0 Å². The number of carbonyl (C=O) groups excluding carboxylic acids is 1. The van der Waals surface area contributed by atoms with E-state index in [2.05, 4.69) is 20.4 Å². The molecule has 7 nitrogen and oxygen atoms in total. The second kappa shape index (κ2) is 7.62. The lowest BCUT2D eigenvalue weighted by molar-refractivity contribution is 0.0299. The Morgan fingerprint density at radius 2 is 2.00 bits per heavy atom. The summed E-state index contributed by atoms with van der Waals surface area (Å²) >= 11 is 0. The maximum absolute atomic E-state index is 15.6. The SMILES string of the molecule is O=C(NC1CCCCC1)N1CCCC(F)(c2nc(-c3ccncc3)no2)C1. The van der Waals surface area contributed by atoms with Gasteiger partial charge in [0.1, 0.15) is 0 Å². The second-order valence-corrected chi connectivity index (χ2v) is 7.43. The molecule has 1 saturated carbocycles. The quantitative estimate of drug-likeness (QED) is 0.891. The Kier molecular flexibility index (Phi) is 5.05. The molecule has 0 spiro atoms. The molecule has 0 aromatic carbocycles. The highest BCUT2D eigenvalue weighted by Crippen LogP contribution is 2.35. The van der Waals surface area contributed by atoms with Gasteiger partial charge in [-0.25, -0.2) is 9.18 Å². The topological polar surface area (TPSA) is 84.2 Å². The van der Waals surface area contributed by atoms with E-state index in [-0.39, 0.29) is 30.9 Å². The number of carbonyl (C=O) groups is 1. The number of urea groups is 1. The Bertz CT molecular complexity index is 777. The first-order valence-corrected chi connectivity index (χ1v) is 9.63. The summed E-state index contributed by atoms with van der Waals surface area (Å²) in [5.74, 6) is 0.262. The minimum atomic E-state index is -1.82. The van der Waals surface area contributed by atoms with Crippen LogP contribution in [0.4, 0.5) is 9.18 Å². The molecule has 0 radical (unpaired) electrons. The van der Waals surface area contributed by atoms with Crippen LogP contribution in [0.3, 0.4) is 0 Å². The number of alkyl halides is 1. The number of aromatic nitrogens is 3. The van der Waals surface area contributed by atoms with Gasteiger partial charge in [-0.2, -0.15) is 4.98 Å². The molecule has 1 aliphatic heterocycles. The van der Waals surface area contributed by atoms with Crippen LogP contribution in [0.2, 0.25) is 0 Å². The molecule has 1 N–H and O–H groups in total. The molecule has 2 aromatic heterocycles. The van der Waals surface area contributed by atoms with Crippen molar-refractivity contribution in [2.45, 2.75) is 56.7 Å². The zero-order chi connectivity index (χ0) is 18.7. The first-order chi connectivity index (χ1) is 13.1. The zero-order valence-corrected chi connectivity index (χ0v) is 15.2. The van der Waals surface area contributed by atoms with Crippen molar-refractivity contribution in [3.05, 3.63) is 30.4 Å². The molecule has 1 unspecified atom stereocenters. The van der Waals surface area contributed by atoms with E-state index in [1.54, 1.807) is 24.5 Å². The summed E-state index contributed by atoms with van der Waals surface area (Å²) in [6.45, 7) is 0.471. The molecule has 2 fully saturated rings. The molecule has 144 valence electrons. The molecule has 1 aliphatic carbocycles. The highest BCUT2D eigenvalue weighted by molar-refractivity contribution is 5.74. The summed E-state index contributed by atoms with van der Waals surface area (Å²) in [5, 5.41) is 6.95. The molecule has 8 heteroatoms. The van der Waals surface area contributed by atoms with E-state index in [9.17, 15) is 4.79 Å². The van der Waals surface area contributed by atoms with Gasteiger partial charge in [-0.1, -0.05) is 24.4 Å². The van der Waals surface area contributed by atoms with E-state index in [1.807, 2.05) is 0 Å². The van der Waals surface area contributed by atoms with E-state index in [1.165, 1.54) is 11.3 Å². The predicted octanol–water partition coefficient (Wildman–Crippen LogP) is 3.43. The smallest absolute Gasteiger partial charge is 0.317 e. The van der Waals surface area contributed by atoms with Gasteiger partial charge in [0, 0.05) is 30.5 Å². The molecule has 1 saturated heterocycles. The lowest BCUT2D eigenvalue weighted by atomic mass is 9.94. The third-order valence-electron chi connectivity index (χ3n) is 5.41. The number of rotatable bonds is 3. The molecule has 27 heavy (non-hydrogen) atoms. The van der Waals surface area contributed by atoms with Crippen LogP contribution in [0, 0.1) is 0 Å². The Labute approximate surface area is 157 Å². The van der Waals surface area contributed by atoms with E-state index >= 15 is 4.39 Å². The predicted molar refractivity (Wildman–Crippen MR) is 96.5 cm³/mol. The maximum atomic E-state index is 15.6. The highest BCUT2D eigenvalue weighted by Gasteiger charge is 2.44. The summed E-state index contributed by atoms with van der Waals surface area (Å²) in [5.41, 5.74) is -1.10. The number of hydrogen-bond acceptors (Lipinski definition) is 5. The number of piperidine rings is 1. The lowest BCUT2D eigenvalue weighted by Crippen LogP contribution is -2.52. The van der Waals surface area contributed by atoms with Crippen molar-refractivity contribution in [3.63, 3.8) is 0 Å². The van der Waals surface area contributed by atoms with Gasteiger partial charge in [0.2, 0.25) is 11.5 Å². The molecule has 1 atom stereocenters. The first kappa shape index (κ1) is 17.9. The summed E-state index contributed by atoms with van der Waals surface area (Å²) < 4.78 is 20.8. The van der Waals surface area contributed by atoms with Crippen molar-refractivity contribution in [3.8, 4) is 11.4 Å². The average Bonchev–Trinajstić information content (AvgIpc) is 3.21. The number of nitrogens with one attached hydrogen (secondary N) is 1. The molecule has 2 aromatic rings. The summed E-state index contributed by atoms with van der Waals surface area (Å²) in [6, 6.07) is 3.48. The minimum absolute atomic E-state index is 0.0653. The van der Waals surface area contributed by atoms with Gasteiger partial charge >= 0.3 is 6.03 Å². The maximum Gasteiger partial charge on any atom is 0.317 e. The van der Waals surface area contributed by atoms with Crippen LogP contribution in [0.5, 0.6) is 0 Å². The Morgan fingerprint density at radius 3 is 2.78 bits per heavy atom. The van der Waals surface area contributed by atoms with Gasteiger partial charge in [-0.05, 0) is 37.8 Å². The number of hydrogen-bond donors (Lipinski definition) is 1. The number of pyridine rings is 1. The van der Waals surface area contributed by atoms with Crippen LogP contribution in [0.1, 0.15) is 50.8 Å². The molecular weight excluding hydrogens is 349 g/mol. The lowest BCUT2D eigenvalue weighted by Gasteiger charge is -2.36. The van der Waals surface area contributed by atoms with Crippen molar-refractivity contribution in [2.75, 3.05) is 13.1 Å². The fourth-order valence-electron chi connectivity index (χ4n) is 3.90. The van der Waals surface area contributed by atoms with E-state index < -0.39 is 5.67 Å². The van der Waals surface area contributed by atoms with Gasteiger partial charge in [-0.15, -0.1) is 0 Å². The summed E-state index contributed by atoms with van der Waals surface area (Å²) in [6.07, 6.45) is 9.55. The van der Waals surface area contributed by atoms with Crippen LogP contribution >= 0.6 is 0 Å². The molecular formula is C19H24FN5O2. The first-order valence-electron chi connectivity index (χ1n) is 9.63. The summed E-state index contributed by atoms with van der Waals surface area (Å²) in [7, 11) is 0. The normalized spacial score (nSPS) is 24.0. The number of nitrogens with zero attached hydrogens (tertiary/aromatic N) is 4. The number of amides is 2. The second-order valence-electron chi connectivity index (χ2n) is 7.43. The number of likely N-dealkylation sites (tertiary alicyclic amines) is 1. The van der Waals surface area contributed by atoms with Crippen LogP contribution in [-0.4, -0.2) is 45.2 Å². The van der Waals surface area contributed by atoms with Crippen molar-refractivity contribution < 1.29 is 13.7 Å². The fraction of sp³-hybridized carbons (Fsp3) is 0.579. The zero-order valence-electron chi connectivity index (χ0n) is 15.2. The van der Waals surface area contributed by atoms with Crippen LogP contribution in [0.25, 0.3) is 11.4 Å². The van der Waals surface area contributed by atoms with E-state index in [4.69, 9.17) is 4.52 Å². The molecule has 0 bridgehead atoms. The van der Waals surface area contributed by atoms with Crippen molar-refractivity contribution >= 4 is 6.03 Å². The van der Waals surface area contributed by atoms with Gasteiger partial charge in [0.05, 0.1) is 6.54 Å². The largest absolute Gasteiger partial charge is 0.335 e. The van der Waals surface area contributed by atoms with Gasteiger partial charge < -0.3 is 14.7 Å². The van der Waals surface area contributed by atoms with Crippen LogP contribution < -0.4 is 5.32 Å². The summed E-state index contributed by atoms with van der Waals surface area (Å²) in [4.78, 5) is 22.3. The van der Waals surface area contributed by atoms with Gasteiger partial charge in [-0.3, -0.25) is 4.98 Å². The number of halogens is 1. The highest BCUT2D eigenvalue weighted by atomic mass is 19.1. The standard InChI is InChI=1S/C19H24FN5O2/c20-19(17-23-16(24-27-17)14-7-10-21-11-8-14)9-4-12-25(13-19)18(26)22-15-5-2-1-3-6-15/h7-8,10-11,15H,1-6,9,12-13H2,(H,22,26). The Morgan fingerprint density at radius 1 is 1.22 bits per heavy atom. The average molecular weight is 373 g/mol. The monoisotopic (exact) mass is 373 g/mol. The van der Waals surface area contributed by atoms with E-state index in [0.717, 1.165) is 25.7 Å². The minimum Gasteiger partial charge on any atom is -0.335 e. The molecule has 3 heterocycles. The Hall–Kier alpha value is -2.51. The molecule has 2 aliphatic rings. The molecule has 2 amide bonds. The van der Waals surface area contributed by atoms with Crippen molar-refractivity contribution in [1.29, 1.82) is 0 Å². The van der Waals surface area contributed by atoms with Gasteiger partial charge in [0.15, 0.2) is 0 Å². The van der Waals surface area contributed by atoms with Crippen LogP contribution in [-0.2, 0) is 5.67 Å². The van der Waals surface area contributed by atoms with Gasteiger partial charge in [0.25, 0.3) is 5.89 Å². The van der Waals surface area contributed by atoms with E-state index in [0.29, 0.717) is 24.4 Å². The molecule has 4 rings (SSSR count).